The Labute approximate surface area is 114 Å². The van der Waals surface area contributed by atoms with Crippen LogP contribution in [0.4, 0.5) is 0 Å². The number of pyridine rings is 1. The van der Waals surface area contributed by atoms with Crippen molar-refractivity contribution < 1.29 is 9.47 Å². The van der Waals surface area contributed by atoms with E-state index in [0.29, 0.717) is 28.2 Å². The zero-order chi connectivity index (χ0) is 14.1. The molecule has 0 saturated heterocycles. The van der Waals surface area contributed by atoms with Crippen molar-refractivity contribution in [2.75, 3.05) is 14.2 Å². The lowest BCUT2D eigenvalue weighted by Gasteiger charge is -2.09. The predicted molar refractivity (Wildman–Crippen MR) is 75.3 cm³/mol. The summed E-state index contributed by atoms with van der Waals surface area (Å²) in [6, 6.07) is 7.30. The molecule has 0 aliphatic carbocycles. The summed E-state index contributed by atoms with van der Waals surface area (Å²) >= 11 is 0. The molecular formula is C14H13N3O3. The van der Waals surface area contributed by atoms with E-state index in [2.05, 4.69) is 15.0 Å². The van der Waals surface area contributed by atoms with Gasteiger partial charge in [-0.2, -0.15) is 0 Å². The number of methoxy groups -OCH3 is 2. The summed E-state index contributed by atoms with van der Waals surface area (Å²) in [7, 11) is 3.15. The normalized spacial score (nSPS) is 10.7. The van der Waals surface area contributed by atoms with E-state index in [9.17, 15) is 4.79 Å². The van der Waals surface area contributed by atoms with Gasteiger partial charge in [-0.05, 0) is 24.3 Å². The molecule has 0 saturated carbocycles. The van der Waals surface area contributed by atoms with Crippen LogP contribution < -0.4 is 15.0 Å². The minimum Gasteiger partial charge on any atom is -0.493 e. The highest BCUT2D eigenvalue weighted by atomic mass is 16.5. The summed E-state index contributed by atoms with van der Waals surface area (Å²) in [5.74, 6) is 1.25. The number of aromatic nitrogens is 3. The van der Waals surface area contributed by atoms with Crippen molar-refractivity contribution in [2.24, 2.45) is 0 Å². The van der Waals surface area contributed by atoms with Crippen LogP contribution in [0.1, 0.15) is 0 Å². The van der Waals surface area contributed by atoms with Crippen molar-refractivity contribution in [2.45, 2.75) is 0 Å². The molecule has 2 heterocycles. The van der Waals surface area contributed by atoms with E-state index in [4.69, 9.17) is 9.47 Å². The molecular weight excluding hydrogens is 258 g/mol. The second kappa shape index (κ2) is 4.73. The van der Waals surface area contributed by atoms with Crippen LogP contribution in [0.15, 0.2) is 35.4 Å². The first-order valence-corrected chi connectivity index (χ1v) is 6.01. The zero-order valence-electron chi connectivity index (χ0n) is 11.1. The average molecular weight is 271 g/mol. The number of imidazole rings is 1. The van der Waals surface area contributed by atoms with Gasteiger partial charge in [-0.15, -0.1) is 0 Å². The van der Waals surface area contributed by atoms with Gasteiger partial charge in [0.15, 0.2) is 17.0 Å². The van der Waals surface area contributed by atoms with Crippen molar-refractivity contribution in [1.82, 2.24) is 15.0 Å². The summed E-state index contributed by atoms with van der Waals surface area (Å²) in [6.07, 6.45) is 1.50. The monoisotopic (exact) mass is 271 g/mol. The van der Waals surface area contributed by atoms with Crippen molar-refractivity contribution in [1.29, 1.82) is 0 Å². The molecule has 0 amide bonds. The van der Waals surface area contributed by atoms with Gasteiger partial charge >= 0.3 is 0 Å². The molecule has 20 heavy (non-hydrogen) atoms. The Morgan fingerprint density at radius 2 is 1.90 bits per heavy atom. The van der Waals surface area contributed by atoms with Gasteiger partial charge in [0.25, 0.3) is 5.56 Å². The van der Waals surface area contributed by atoms with Crippen LogP contribution in [0, 0.1) is 0 Å². The first kappa shape index (κ1) is 12.3. The van der Waals surface area contributed by atoms with Crippen LogP contribution in [0.2, 0.25) is 0 Å². The van der Waals surface area contributed by atoms with Gasteiger partial charge in [0.2, 0.25) is 0 Å². The van der Waals surface area contributed by atoms with Gasteiger partial charge in [-0.25, -0.2) is 4.98 Å². The van der Waals surface area contributed by atoms with Gasteiger partial charge < -0.3 is 19.4 Å². The zero-order valence-corrected chi connectivity index (χ0v) is 11.1. The van der Waals surface area contributed by atoms with E-state index < -0.39 is 0 Å². The Morgan fingerprint density at radius 1 is 1.10 bits per heavy atom. The number of nitrogens with zero attached hydrogens (tertiary/aromatic N) is 1. The van der Waals surface area contributed by atoms with E-state index in [1.54, 1.807) is 20.3 Å². The fourth-order valence-electron chi connectivity index (χ4n) is 2.12. The number of fused-ring (bicyclic) bond motifs is 1. The maximum absolute atomic E-state index is 11.9. The molecule has 0 atom stereocenters. The van der Waals surface area contributed by atoms with Crippen LogP contribution >= 0.6 is 0 Å². The number of hydrogen-bond donors (Lipinski definition) is 2. The highest BCUT2D eigenvalue weighted by molar-refractivity contribution is 5.79. The highest BCUT2D eigenvalue weighted by Gasteiger charge is 2.09. The molecule has 0 spiro atoms. The lowest BCUT2D eigenvalue weighted by molar-refractivity contribution is 0.355. The molecule has 0 aliphatic heterocycles. The van der Waals surface area contributed by atoms with Gasteiger partial charge in [0.1, 0.15) is 0 Å². The van der Waals surface area contributed by atoms with Crippen molar-refractivity contribution >= 4 is 11.0 Å². The third-order valence-electron chi connectivity index (χ3n) is 3.12. The highest BCUT2D eigenvalue weighted by Crippen LogP contribution is 2.31. The molecule has 2 aromatic heterocycles. The second-order valence-electron chi connectivity index (χ2n) is 4.25. The Hall–Kier alpha value is -2.76. The minimum absolute atomic E-state index is 0.228. The maximum atomic E-state index is 11.9. The van der Waals surface area contributed by atoms with Crippen molar-refractivity contribution in [3.63, 3.8) is 0 Å². The molecule has 1 aromatic carbocycles. The molecule has 102 valence electrons. The molecule has 3 rings (SSSR count). The quantitative estimate of drug-likeness (QED) is 0.762. The second-order valence-corrected chi connectivity index (χ2v) is 4.25. The molecule has 0 radical (unpaired) electrons. The standard InChI is InChI=1S/C14H13N3O3/c1-19-11-4-3-8(5-12(11)20-2)9-6-10-13(14(18)17-9)16-7-15-10/h3-7H,1-2H3,(H,15,16)(H,17,18). The lowest BCUT2D eigenvalue weighted by Crippen LogP contribution is -2.07. The Kier molecular flexibility index (Phi) is 2.90. The minimum atomic E-state index is -0.228. The summed E-state index contributed by atoms with van der Waals surface area (Å²) in [6.45, 7) is 0. The summed E-state index contributed by atoms with van der Waals surface area (Å²) < 4.78 is 10.5. The first-order valence-electron chi connectivity index (χ1n) is 6.01. The largest absolute Gasteiger partial charge is 0.493 e. The van der Waals surface area contributed by atoms with E-state index in [0.717, 1.165) is 5.56 Å². The first-order chi connectivity index (χ1) is 9.72. The average Bonchev–Trinajstić information content (AvgIpc) is 2.95. The SMILES string of the molecule is COc1ccc(-c2cc3[nH]cnc3c(=O)[nH]2)cc1OC. The van der Waals surface area contributed by atoms with Crippen LogP contribution in [0.25, 0.3) is 22.3 Å². The summed E-state index contributed by atoms with van der Waals surface area (Å²) in [4.78, 5) is 21.6. The number of hydrogen-bond acceptors (Lipinski definition) is 4. The fourth-order valence-corrected chi connectivity index (χ4v) is 2.12. The van der Waals surface area contributed by atoms with Crippen LogP contribution in [-0.2, 0) is 0 Å². The number of H-pyrrole nitrogens is 2. The molecule has 3 aromatic rings. The molecule has 2 N–H and O–H groups in total. The van der Waals surface area contributed by atoms with E-state index in [1.165, 1.54) is 6.33 Å². The fraction of sp³-hybridized carbons (Fsp3) is 0.143. The van der Waals surface area contributed by atoms with E-state index in [-0.39, 0.29) is 5.56 Å². The number of benzene rings is 1. The maximum Gasteiger partial charge on any atom is 0.276 e. The Morgan fingerprint density at radius 3 is 2.65 bits per heavy atom. The molecule has 0 bridgehead atoms. The van der Waals surface area contributed by atoms with E-state index >= 15 is 0 Å². The van der Waals surface area contributed by atoms with Crippen molar-refractivity contribution in [3.05, 3.63) is 40.9 Å². The summed E-state index contributed by atoms with van der Waals surface area (Å²) in [5.41, 5.74) is 2.38. The van der Waals surface area contributed by atoms with Crippen molar-refractivity contribution in [3.8, 4) is 22.8 Å². The predicted octanol–water partition coefficient (Wildman–Crippen LogP) is 1.94. The summed E-state index contributed by atoms with van der Waals surface area (Å²) in [5, 5.41) is 0. The van der Waals surface area contributed by atoms with Gasteiger partial charge in [-0.3, -0.25) is 4.79 Å². The van der Waals surface area contributed by atoms with Gasteiger partial charge in [0, 0.05) is 5.56 Å². The van der Waals surface area contributed by atoms with Crippen LogP contribution in [0.5, 0.6) is 11.5 Å². The molecule has 0 aliphatic rings. The smallest absolute Gasteiger partial charge is 0.276 e. The van der Waals surface area contributed by atoms with Crippen LogP contribution in [0.3, 0.4) is 0 Å². The topological polar surface area (TPSA) is 80.0 Å². The number of ether oxygens (including phenoxy) is 2. The molecule has 6 heteroatoms. The third-order valence-corrected chi connectivity index (χ3v) is 3.12. The Balaban J connectivity index is 2.17. The lowest BCUT2D eigenvalue weighted by atomic mass is 10.1. The van der Waals surface area contributed by atoms with E-state index in [1.807, 2.05) is 18.2 Å². The van der Waals surface area contributed by atoms with Gasteiger partial charge in [-0.1, -0.05) is 0 Å². The van der Waals surface area contributed by atoms with Gasteiger partial charge in [0.05, 0.1) is 31.8 Å². The third kappa shape index (κ3) is 1.91. The molecule has 0 unspecified atom stereocenters. The molecule has 0 fully saturated rings. The number of aromatic amines is 2. The Bertz CT molecular complexity index is 820. The molecule has 6 nitrogen and oxygen atoms in total. The number of rotatable bonds is 3. The van der Waals surface area contributed by atoms with Crippen LogP contribution in [-0.4, -0.2) is 29.2 Å². The number of nitrogens with one attached hydrogen (secondary N) is 2.